The Balaban J connectivity index is 0.00000112. The Labute approximate surface area is 108 Å². The number of hydrogen-bond donors (Lipinski definition) is 1. The molecule has 2 atom stereocenters. The molecule has 15 heavy (non-hydrogen) atoms. The molecule has 2 rings (SSSR count). The van der Waals surface area contributed by atoms with Gasteiger partial charge in [-0.2, -0.15) is 0 Å². The van der Waals surface area contributed by atoms with E-state index in [9.17, 15) is 9.59 Å². The number of β-lactam (4-membered cyclic amide) rings is 1. The predicted octanol–water partition coefficient (Wildman–Crippen LogP) is -4.13. The van der Waals surface area contributed by atoms with Gasteiger partial charge in [0.05, 0.1) is 13.0 Å². The van der Waals surface area contributed by atoms with Gasteiger partial charge in [0.2, 0.25) is 12.1 Å². The summed E-state index contributed by atoms with van der Waals surface area (Å²) in [4.78, 5) is 22.5. The fourth-order valence-electron chi connectivity index (χ4n) is 1.53. The second-order valence-electron chi connectivity index (χ2n) is 2.92. The molecule has 2 unspecified atom stereocenters. The topological polar surface area (TPSA) is 76.1 Å². The Kier molecular flexibility index (Phi) is 4.15. The second-order valence-corrected chi connectivity index (χ2v) is 2.92. The van der Waals surface area contributed by atoms with Crippen LogP contribution in [0.2, 0.25) is 0 Å². The first kappa shape index (κ1) is 12.5. The zero-order valence-electron chi connectivity index (χ0n) is 8.17. The Morgan fingerprint density at radius 3 is 3.00 bits per heavy atom. The second kappa shape index (κ2) is 4.98. The molecule has 1 N–H and O–H groups in total. The van der Waals surface area contributed by atoms with E-state index in [2.05, 4.69) is 4.74 Å². The number of carbonyl (C=O) groups is 1. The fraction of sp³-hybridized carbons (Fsp3) is 0.500. The minimum absolute atomic E-state index is 0. The summed E-state index contributed by atoms with van der Waals surface area (Å²) in [7, 11) is 0. The van der Waals surface area contributed by atoms with Gasteiger partial charge < -0.3 is 19.4 Å². The third-order valence-corrected chi connectivity index (χ3v) is 2.17. The molecule has 2 aliphatic rings. The van der Waals surface area contributed by atoms with Gasteiger partial charge in [-0.15, -0.1) is 0 Å². The van der Waals surface area contributed by atoms with Crippen molar-refractivity contribution in [3.63, 3.8) is 0 Å². The smallest absolute Gasteiger partial charge is 0.631 e. The Hall–Kier alpha value is -0.560. The summed E-state index contributed by atoms with van der Waals surface area (Å²) >= 11 is 0. The van der Waals surface area contributed by atoms with E-state index < -0.39 is 6.23 Å². The largest absolute Gasteiger partial charge is 1.00 e. The molecule has 0 aromatic rings. The molecule has 2 aliphatic heterocycles. The molecule has 0 saturated carbocycles. The quantitative estimate of drug-likeness (QED) is 0.297. The summed E-state index contributed by atoms with van der Waals surface area (Å²) in [5.74, 6) is 0.142. The molecule has 0 aromatic carbocycles. The molecular formula is C8H8NNaO5. The van der Waals surface area contributed by atoms with Crippen molar-refractivity contribution in [3.8, 4) is 0 Å². The predicted molar refractivity (Wildman–Crippen MR) is 42.1 cm³/mol. The van der Waals surface area contributed by atoms with E-state index in [1.165, 1.54) is 17.4 Å². The van der Waals surface area contributed by atoms with E-state index >= 15 is 0 Å². The zero-order valence-corrected chi connectivity index (χ0v) is 10.2. The summed E-state index contributed by atoms with van der Waals surface area (Å²) in [6, 6.07) is 0. The number of nitrogens with zero attached hydrogens (tertiary/aromatic N) is 1. The van der Waals surface area contributed by atoms with E-state index in [-0.39, 0.29) is 60.5 Å². The molecule has 2 saturated heterocycles. The van der Waals surface area contributed by atoms with Crippen molar-refractivity contribution in [3.05, 3.63) is 11.8 Å². The first-order valence-electron chi connectivity index (χ1n) is 4.09. The number of fused-ring (bicyclic) bond motifs is 1. The van der Waals surface area contributed by atoms with E-state index in [1.807, 2.05) is 0 Å². The van der Waals surface area contributed by atoms with Gasteiger partial charge in [0.25, 0.3) is 0 Å². The van der Waals surface area contributed by atoms with Crippen LogP contribution in [0, 0.1) is 0 Å². The number of amides is 1. The summed E-state index contributed by atoms with van der Waals surface area (Å²) < 4.78 is 9.81. The van der Waals surface area contributed by atoms with E-state index in [4.69, 9.17) is 9.84 Å². The van der Waals surface area contributed by atoms with Crippen LogP contribution in [0.3, 0.4) is 0 Å². The minimum Gasteiger partial charge on any atom is -0.631 e. The van der Waals surface area contributed by atoms with E-state index in [0.29, 0.717) is 0 Å². The number of rotatable bonds is 3. The minimum atomic E-state index is -0.856. The van der Waals surface area contributed by atoms with Crippen LogP contribution in [-0.4, -0.2) is 41.4 Å². The average Bonchev–Trinajstić information content (AvgIpc) is 2.40. The molecule has 6 nitrogen and oxygen atoms in total. The third kappa shape index (κ3) is 2.03. The molecule has 0 bridgehead atoms. The van der Waals surface area contributed by atoms with Crippen LogP contribution in [0.1, 0.15) is 6.42 Å². The van der Waals surface area contributed by atoms with Gasteiger partial charge in [0, 0.05) is 0 Å². The van der Waals surface area contributed by atoms with Crippen LogP contribution in [-0.2, 0) is 19.1 Å². The van der Waals surface area contributed by atoms with Gasteiger partial charge >= 0.3 is 29.6 Å². The summed E-state index contributed by atoms with van der Waals surface area (Å²) in [5, 5.41) is 8.66. The van der Waals surface area contributed by atoms with Crippen molar-refractivity contribution in [1.82, 2.24) is 4.90 Å². The maximum atomic E-state index is 11.1. The molecule has 1 amide bonds. The maximum Gasteiger partial charge on any atom is 1.00 e. The molecule has 0 aromatic heterocycles. The number of ether oxygens (including phenoxy) is 2. The zero-order chi connectivity index (χ0) is 10.1. The Morgan fingerprint density at radius 2 is 2.47 bits per heavy atom. The SMILES string of the molecule is O=[C-]OC1/C(=C/CO)OC2CC(=O)N21.[Na+]. The van der Waals surface area contributed by atoms with Gasteiger partial charge in [0.15, 0.2) is 12.0 Å². The summed E-state index contributed by atoms with van der Waals surface area (Å²) in [6.45, 7) is 1.02. The maximum absolute atomic E-state index is 11.1. The van der Waals surface area contributed by atoms with Crippen LogP contribution in [0.25, 0.3) is 0 Å². The number of aliphatic hydroxyl groups excluding tert-OH is 1. The van der Waals surface area contributed by atoms with Crippen molar-refractivity contribution in [2.75, 3.05) is 6.61 Å². The van der Waals surface area contributed by atoms with E-state index in [1.54, 1.807) is 0 Å². The molecule has 0 radical (unpaired) electrons. The van der Waals surface area contributed by atoms with Crippen molar-refractivity contribution >= 4 is 12.4 Å². The third-order valence-electron chi connectivity index (χ3n) is 2.17. The first-order valence-corrected chi connectivity index (χ1v) is 4.09. The molecule has 0 aliphatic carbocycles. The molecule has 0 spiro atoms. The van der Waals surface area contributed by atoms with Crippen molar-refractivity contribution in [1.29, 1.82) is 0 Å². The summed E-state index contributed by atoms with van der Waals surface area (Å²) in [5.41, 5.74) is 0. The molecule has 2 heterocycles. The monoisotopic (exact) mass is 221 g/mol. The average molecular weight is 221 g/mol. The van der Waals surface area contributed by atoms with E-state index in [0.717, 1.165) is 0 Å². The van der Waals surface area contributed by atoms with Gasteiger partial charge in [-0.1, -0.05) is 6.47 Å². The van der Waals surface area contributed by atoms with Crippen molar-refractivity contribution in [2.45, 2.75) is 18.9 Å². The molecule has 76 valence electrons. The van der Waals surface area contributed by atoms with Crippen molar-refractivity contribution < 1.29 is 53.7 Å². The normalized spacial score (nSPS) is 30.1. The van der Waals surface area contributed by atoms with Crippen LogP contribution in [0.15, 0.2) is 11.8 Å². The number of aliphatic hydroxyl groups is 1. The van der Waals surface area contributed by atoms with Gasteiger partial charge in [-0.3, -0.25) is 9.69 Å². The fourth-order valence-corrected chi connectivity index (χ4v) is 1.53. The van der Waals surface area contributed by atoms with Gasteiger partial charge in [0.1, 0.15) is 0 Å². The van der Waals surface area contributed by atoms with Crippen molar-refractivity contribution in [2.24, 2.45) is 0 Å². The standard InChI is InChI=1S/C8H8NO5.Na/c10-2-1-5-8(13-4-11)9-6(12)3-7(9)14-5;/h1,7-8,10H,2-3H2;/q-1;+1/b5-1-;. The van der Waals surface area contributed by atoms with Crippen LogP contribution >= 0.6 is 0 Å². The molecular weight excluding hydrogens is 213 g/mol. The Bertz CT molecular complexity index is 305. The van der Waals surface area contributed by atoms with Crippen LogP contribution < -0.4 is 29.6 Å². The molecule has 7 heteroatoms. The van der Waals surface area contributed by atoms with Gasteiger partial charge in [-0.25, -0.2) is 0 Å². The van der Waals surface area contributed by atoms with Gasteiger partial charge in [-0.05, 0) is 6.08 Å². The first-order chi connectivity index (χ1) is 6.77. The Morgan fingerprint density at radius 1 is 1.73 bits per heavy atom. The summed E-state index contributed by atoms with van der Waals surface area (Å²) in [6.07, 6.45) is 0.416. The van der Waals surface area contributed by atoms with Crippen LogP contribution in [0.5, 0.6) is 0 Å². The number of hydrogen-bond acceptors (Lipinski definition) is 5. The number of carbonyl (C=O) groups excluding carboxylic acids is 2. The molecule has 2 fully saturated rings. The van der Waals surface area contributed by atoms with Crippen LogP contribution in [0.4, 0.5) is 0 Å².